The lowest BCUT2D eigenvalue weighted by Crippen LogP contribution is -2.40. The van der Waals surface area contributed by atoms with Crippen LogP contribution in [0.2, 0.25) is 0 Å². The van der Waals surface area contributed by atoms with E-state index >= 15 is 0 Å². The van der Waals surface area contributed by atoms with E-state index in [0.29, 0.717) is 44.0 Å². The van der Waals surface area contributed by atoms with Gasteiger partial charge in [0.15, 0.2) is 0 Å². The first-order valence-electron chi connectivity index (χ1n) is 8.86. The second-order valence-corrected chi connectivity index (χ2v) is 6.58. The van der Waals surface area contributed by atoms with Crippen LogP contribution in [0.25, 0.3) is 11.1 Å². The van der Waals surface area contributed by atoms with Gasteiger partial charge in [0.2, 0.25) is 0 Å². The van der Waals surface area contributed by atoms with Crippen LogP contribution in [0.4, 0.5) is 13.2 Å². The average Bonchev–Trinajstić information content (AvgIpc) is 2.67. The first kappa shape index (κ1) is 19.2. The van der Waals surface area contributed by atoms with E-state index in [2.05, 4.69) is 4.98 Å². The third kappa shape index (κ3) is 5.20. The van der Waals surface area contributed by atoms with E-state index in [1.165, 1.54) is 18.3 Å². The summed E-state index contributed by atoms with van der Waals surface area (Å²) in [6, 6.07) is 9.52. The molecule has 1 aromatic heterocycles. The van der Waals surface area contributed by atoms with E-state index in [1.807, 2.05) is 11.0 Å². The minimum absolute atomic E-state index is 0.0951. The normalized spacial score (nSPS) is 16.7. The van der Waals surface area contributed by atoms with Crippen LogP contribution in [-0.4, -0.2) is 42.0 Å². The third-order valence-corrected chi connectivity index (χ3v) is 4.60. The highest BCUT2D eigenvalue weighted by Gasteiger charge is 2.33. The maximum atomic E-state index is 13.2. The van der Waals surface area contributed by atoms with Crippen molar-refractivity contribution in [3.8, 4) is 22.9 Å². The summed E-state index contributed by atoms with van der Waals surface area (Å²) in [6.07, 6.45) is 1.98. The summed E-state index contributed by atoms with van der Waals surface area (Å²) < 4.78 is 45.3. The Balaban J connectivity index is 1.60. The summed E-state index contributed by atoms with van der Waals surface area (Å²) in [5.41, 5.74) is 1.64. The van der Waals surface area contributed by atoms with Gasteiger partial charge in [0.25, 0.3) is 5.92 Å². The molecule has 1 saturated heterocycles. The fourth-order valence-electron chi connectivity index (χ4n) is 3.05. The Morgan fingerprint density at radius 1 is 1.19 bits per heavy atom. The molecule has 1 fully saturated rings. The van der Waals surface area contributed by atoms with Crippen molar-refractivity contribution in [3.63, 3.8) is 0 Å². The maximum Gasteiger partial charge on any atom is 0.250 e. The maximum absolute atomic E-state index is 13.2. The van der Waals surface area contributed by atoms with Crippen molar-refractivity contribution >= 4 is 0 Å². The molecule has 0 atom stereocenters. The zero-order valence-electron chi connectivity index (χ0n) is 14.8. The number of likely N-dealkylation sites (tertiary alicyclic amines) is 1. The molecule has 0 radical (unpaired) electrons. The standard InChI is InChI=1S/C20H20F3N3O/c21-16-4-2-15(3-5-16)18-12-17(13-24)25-14-19(18)27-11-1-8-26-9-6-20(22,23)7-10-26/h2-5,12,14H,1,6-11H2. The molecule has 7 heteroatoms. The predicted octanol–water partition coefficient (Wildman–Crippen LogP) is 4.26. The molecule has 0 aliphatic carbocycles. The van der Waals surface area contributed by atoms with Crippen molar-refractivity contribution in [2.45, 2.75) is 25.2 Å². The monoisotopic (exact) mass is 375 g/mol. The van der Waals surface area contributed by atoms with Crippen LogP contribution in [0.3, 0.4) is 0 Å². The van der Waals surface area contributed by atoms with Gasteiger partial charge in [-0.05, 0) is 30.2 Å². The largest absolute Gasteiger partial charge is 0.491 e. The van der Waals surface area contributed by atoms with Gasteiger partial charge >= 0.3 is 0 Å². The summed E-state index contributed by atoms with van der Waals surface area (Å²) in [5.74, 6) is -2.38. The summed E-state index contributed by atoms with van der Waals surface area (Å²) in [7, 11) is 0. The zero-order valence-corrected chi connectivity index (χ0v) is 14.8. The van der Waals surface area contributed by atoms with Gasteiger partial charge in [0.1, 0.15) is 23.3 Å². The molecule has 4 nitrogen and oxygen atoms in total. The van der Waals surface area contributed by atoms with Gasteiger partial charge in [0, 0.05) is 38.0 Å². The second kappa shape index (κ2) is 8.40. The second-order valence-electron chi connectivity index (χ2n) is 6.58. The molecule has 0 spiro atoms. The number of hydrogen-bond donors (Lipinski definition) is 0. The molecule has 0 N–H and O–H groups in total. The van der Waals surface area contributed by atoms with E-state index in [0.717, 1.165) is 5.56 Å². The van der Waals surface area contributed by atoms with E-state index in [9.17, 15) is 13.2 Å². The van der Waals surface area contributed by atoms with Crippen molar-refractivity contribution in [2.24, 2.45) is 0 Å². The third-order valence-electron chi connectivity index (χ3n) is 4.60. The van der Waals surface area contributed by atoms with Crippen molar-refractivity contribution in [3.05, 3.63) is 48.0 Å². The van der Waals surface area contributed by atoms with Crippen LogP contribution in [0.5, 0.6) is 5.75 Å². The molecule has 1 aliphatic heterocycles. The first-order valence-corrected chi connectivity index (χ1v) is 8.86. The number of pyridine rings is 1. The molecule has 0 amide bonds. The van der Waals surface area contributed by atoms with Gasteiger partial charge in [-0.1, -0.05) is 12.1 Å². The van der Waals surface area contributed by atoms with Gasteiger partial charge < -0.3 is 9.64 Å². The summed E-state index contributed by atoms with van der Waals surface area (Å²) in [4.78, 5) is 6.04. The van der Waals surface area contributed by atoms with Crippen LogP contribution >= 0.6 is 0 Å². The topological polar surface area (TPSA) is 49.1 Å². The minimum atomic E-state index is -2.54. The molecule has 1 aromatic carbocycles. The van der Waals surface area contributed by atoms with E-state index in [1.54, 1.807) is 18.2 Å². The highest BCUT2D eigenvalue weighted by molar-refractivity contribution is 5.70. The van der Waals surface area contributed by atoms with Crippen LogP contribution in [-0.2, 0) is 0 Å². The summed E-state index contributed by atoms with van der Waals surface area (Å²) in [5, 5.41) is 9.07. The Labute approximate surface area is 156 Å². The smallest absolute Gasteiger partial charge is 0.250 e. The van der Waals surface area contributed by atoms with Gasteiger partial charge in [-0.2, -0.15) is 5.26 Å². The number of halogens is 3. The molecular formula is C20H20F3N3O. The molecule has 27 heavy (non-hydrogen) atoms. The van der Waals surface area contributed by atoms with E-state index in [4.69, 9.17) is 10.00 Å². The number of nitrogens with zero attached hydrogens (tertiary/aromatic N) is 3. The number of rotatable bonds is 6. The molecule has 142 valence electrons. The lowest BCUT2D eigenvalue weighted by molar-refractivity contribution is -0.0554. The predicted molar refractivity (Wildman–Crippen MR) is 95.1 cm³/mol. The van der Waals surface area contributed by atoms with Crippen LogP contribution in [0.15, 0.2) is 36.5 Å². The van der Waals surface area contributed by atoms with Gasteiger partial charge in [0.05, 0.1) is 12.8 Å². The fourth-order valence-corrected chi connectivity index (χ4v) is 3.05. The summed E-state index contributed by atoms with van der Waals surface area (Å²) >= 11 is 0. The Bertz CT molecular complexity index is 808. The Hall–Kier alpha value is -2.59. The van der Waals surface area contributed by atoms with Crippen LogP contribution < -0.4 is 4.74 Å². The molecular weight excluding hydrogens is 355 g/mol. The number of aromatic nitrogens is 1. The Morgan fingerprint density at radius 3 is 2.56 bits per heavy atom. The number of hydrogen-bond acceptors (Lipinski definition) is 4. The molecule has 2 heterocycles. The van der Waals surface area contributed by atoms with Crippen molar-refractivity contribution in [2.75, 3.05) is 26.2 Å². The average molecular weight is 375 g/mol. The molecule has 0 unspecified atom stereocenters. The van der Waals surface area contributed by atoms with E-state index < -0.39 is 5.92 Å². The lowest BCUT2D eigenvalue weighted by atomic mass is 10.1. The summed E-state index contributed by atoms with van der Waals surface area (Å²) in [6.45, 7) is 1.87. The number of nitriles is 1. The highest BCUT2D eigenvalue weighted by atomic mass is 19.3. The number of piperidine rings is 1. The van der Waals surface area contributed by atoms with E-state index in [-0.39, 0.29) is 24.4 Å². The SMILES string of the molecule is N#Cc1cc(-c2ccc(F)cc2)c(OCCCN2CCC(F)(F)CC2)cn1. The van der Waals surface area contributed by atoms with Gasteiger partial charge in [-0.25, -0.2) is 18.2 Å². The van der Waals surface area contributed by atoms with Crippen LogP contribution in [0, 0.1) is 17.1 Å². The molecule has 1 aliphatic rings. The molecule has 0 saturated carbocycles. The van der Waals surface area contributed by atoms with Crippen LogP contribution in [0.1, 0.15) is 25.0 Å². The molecule has 3 rings (SSSR count). The van der Waals surface area contributed by atoms with Crippen molar-refractivity contribution < 1.29 is 17.9 Å². The van der Waals surface area contributed by atoms with Gasteiger partial charge in [-0.3, -0.25) is 0 Å². The zero-order chi connectivity index (χ0) is 19.3. The lowest BCUT2D eigenvalue weighted by Gasteiger charge is -2.31. The van der Waals surface area contributed by atoms with Crippen molar-refractivity contribution in [1.29, 1.82) is 5.26 Å². The Morgan fingerprint density at radius 2 is 1.89 bits per heavy atom. The van der Waals surface area contributed by atoms with Crippen molar-refractivity contribution in [1.82, 2.24) is 9.88 Å². The molecule has 2 aromatic rings. The number of benzene rings is 1. The van der Waals surface area contributed by atoms with Gasteiger partial charge in [-0.15, -0.1) is 0 Å². The number of alkyl halides is 2. The highest BCUT2D eigenvalue weighted by Crippen LogP contribution is 2.31. The minimum Gasteiger partial charge on any atom is -0.491 e. The molecule has 0 bridgehead atoms. The first-order chi connectivity index (χ1) is 13.0. The quantitative estimate of drug-likeness (QED) is 0.708. The number of ether oxygens (including phenoxy) is 1. The fraction of sp³-hybridized carbons (Fsp3) is 0.400. The Kier molecular flexibility index (Phi) is 5.97.